The molecule has 6 aromatic heterocycles. The van der Waals surface area contributed by atoms with E-state index in [9.17, 15) is 0 Å². The molecule has 220 valence electrons. The second kappa shape index (κ2) is 18.0. The van der Waals surface area contributed by atoms with Crippen molar-refractivity contribution in [3.63, 3.8) is 0 Å². The maximum atomic E-state index is 5.91. The van der Waals surface area contributed by atoms with Crippen LogP contribution in [-0.2, 0) is 16.3 Å². The third kappa shape index (κ3) is 8.57. The van der Waals surface area contributed by atoms with E-state index in [0.29, 0.717) is 5.02 Å². The number of benzene rings is 2. The molecular weight excluding hydrogens is 689 g/mol. The van der Waals surface area contributed by atoms with Gasteiger partial charge in [-0.3, -0.25) is 15.0 Å². The van der Waals surface area contributed by atoms with Crippen LogP contribution < -0.4 is 0 Å². The van der Waals surface area contributed by atoms with Crippen LogP contribution >= 0.6 is 25.2 Å². The molecule has 2 aromatic carbocycles. The first-order chi connectivity index (χ1) is 20.3. The van der Waals surface area contributed by atoms with Gasteiger partial charge in [0.05, 0.1) is 5.69 Å². The van der Waals surface area contributed by atoms with Gasteiger partial charge in [0.25, 0.3) is 0 Å². The molecule has 44 heavy (non-hydrogen) atoms. The number of halogens is 2. The Bertz CT molecular complexity index is 1970. The first-order valence-corrected chi connectivity index (χ1v) is 19.7. The van der Waals surface area contributed by atoms with Crippen LogP contribution in [0, 0.1) is 6.20 Å². The van der Waals surface area contributed by atoms with Crippen molar-refractivity contribution in [3.05, 3.63) is 133 Å². The van der Waals surface area contributed by atoms with Gasteiger partial charge in [-0.15, -0.1) is 0 Å². The van der Waals surface area contributed by atoms with Crippen LogP contribution in [-0.4, -0.2) is 19.9 Å². The van der Waals surface area contributed by atoms with Gasteiger partial charge >= 0.3 is 30.0 Å². The molecule has 0 amide bonds. The van der Waals surface area contributed by atoms with Crippen molar-refractivity contribution in [1.29, 1.82) is 0 Å². The standard InChI is InChI=1S/C16H10N2O.C11H6ClNO.C5H4N.3CH4.BrH.Zn/c1-2-8-17-13(4-1)11-6-7-14-12(10-11)16-15(19-14)5-3-9-18-16;12-7-3-4-9-8(6-7)11-10(14-9)2-1-5-13-11;1-2-4-6-5-3-1;;;;;/h1-10H;1-6H;1-4H;3*1H4;1H;/q;;-1;;;;;+2/p-1. The SMILES string of the molecule is C.C.C.Clc1ccc2oc3cccnc3c2c1.[Zn+][Br].[c-]1ccccn1.c1ccc(-c2ccc3oc4cccnc4c3c2)nc1. The summed E-state index contributed by atoms with van der Waals surface area (Å²) < 4.78 is 11.3. The molecule has 0 atom stereocenters. The molecule has 0 aliphatic heterocycles. The van der Waals surface area contributed by atoms with Crippen LogP contribution in [0.2, 0.25) is 5.02 Å². The molecule has 0 aliphatic carbocycles. The quantitative estimate of drug-likeness (QED) is 0.124. The molecule has 9 heteroatoms. The molecule has 0 saturated carbocycles. The number of rotatable bonds is 1. The minimum absolute atomic E-state index is 0. The predicted molar refractivity (Wildman–Crippen MR) is 183 cm³/mol. The third-order valence-corrected chi connectivity index (χ3v) is 6.13. The van der Waals surface area contributed by atoms with Crippen molar-refractivity contribution < 1.29 is 25.2 Å². The molecule has 0 saturated heterocycles. The normalized spacial score (nSPS) is 9.64. The second-order valence-electron chi connectivity index (χ2n) is 8.43. The molecule has 0 aliphatic rings. The first-order valence-electron chi connectivity index (χ1n) is 12.4. The van der Waals surface area contributed by atoms with E-state index in [0.717, 1.165) is 55.4 Å². The Labute approximate surface area is 279 Å². The van der Waals surface area contributed by atoms with Crippen LogP contribution in [0.5, 0.6) is 0 Å². The van der Waals surface area contributed by atoms with Crippen molar-refractivity contribution in [2.45, 2.75) is 22.3 Å². The van der Waals surface area contributed by atoms with Gasteiger partial charge in [0, 0.05) is 39.9 Å². The molecule has 0 unspecified atom stereocenters. The van der Waals surface area contributed by atoms with Gasteiger partial charge in [-0.05, 0) is 72.8 Å². The van der Waals surface area contributed by atoms with Crippen molar-refractivity contribution in [2.75, 3.05) is 0 Å². The Hall–Kier alpha value is -3.97. The van der Waals surface area contributed by atoms with E-state index in [1.807, 2.05) is 84.9 Å². The zero-order chi connectivity index (χ0) is 28.4. The summed E-state index contributed by atoms with van der Waals surface area (Å²) in [5.41, 5.74) is 7.08. The van der Waals surface area contributed by atoms with Crippen LogP contribution in [0.1, 0.15) is 22.3 Å². The summed E-state index contributed by atoms with van der Waals surface area (Å²) in [7, 11) is 0. The molecular formula is C35H32BrClN4O2Zn. The van der Waals surface area contributed by atoms with Crippen LogP contribution in [0.25, 0.3) is 55.4 Å². The largest absolute Gasteiger partial charge is 0.454 e. The number of furan rings is 2. The van der Waals surface area contributed by atoms with E-state index in [1.165, 1.54) is 16.3 Å². The van der Waals surface area contributed by atoms with Crippen molar-refractivity contribution in [3.8, 4) is 11.3 Å². The first kappa shape index (κ1) is 36.2. The van der Waals surface area contributed by atoms with Gasteiger partial charge < -0.3 is 13.8 Å². The molecule has 8 rings (SSSR count). The van der Waals surface area contributed by atoms with E-state index >= 15 is 0 Å². The van der Waals surface area contributed by atoms with Gasteiger partial charge in [-0.1, -0.05) is 52.3 Å². The molecule has 6 nitrogen and oxygen atoms in total. The summed E-state index contributed by atoms with van der Waals surface area (Å²) in [5.74, 6) is 0. The Kier molecular flexibility index (Phi) is 14.8. The fourth-order valence-corrected chi connectivity index (χ4v) is 4.31. The zero-order valence-electron chi connectivity index (χ0n) is 21.6. The van der Waals surface area contributed by atoms with Gasteiger partial charge in [0.1, 0.15) is 22.2 Å². The average Bonchev–Trinajstić information content (AvgIpc) is 3.61. The van der Waals surface area contributed by atoms with Gasteiger partial charge in [-0.2, -0.15) is 18.2 Å². The number of hydrogen-bond donors (Lipinski definition) is 0. The minimum atomic E-state index is 0. The van der Waals surface area contributed by atoms with Crippen LogP contribution in [0.3, 0.4) is 0 Å². The Balaban J connectivity index is 0.000000239. The van der Waals surface area contributed by atoms with Crippen molar-refractivity contribution >= 4 is 69.4 Å². The van der Waals surface area contributed by atoms with Crippen LogP contribution in [0.4, 0.5) is 0 Å². The van der Waals surface area contributed by atoms with Crippen LogP contribution in [0.15, 0.2) is 131 Å². The molecule has 0 spiro atoms. The molecule has 6 heterocycles. The molecule has 8 aromatic rings. The Morgan fingerprint density at radius 1 is 0.591 bits per heavy atom. The minimum Gasteiger partial charge on any atom is -0.454 e. The third-order valence-electron chi connectivity index (χ3n) is 5.89. The van der Waals surface area contributed by atoms with Gasteiger partial charge in [0.15, 0.2) is 11.2 Å². The fourth-order valence-electron chi connectivity index (χ4n) is 4.14. The number of fused-ring (bicyclic) bond motifs is 6. The molecule has 0 fully saturated rings. The van der Waals surface area contributed by atoms with E-state index in [-0.39, 0.29) is 22.3 Å². The van der Waals surface area contributed by atoms with E-state index in [2.05, 4.69) is 45.8 Å². The van der Waals surface area contributed by atoms with Crippen molar-refractivity contribution in [1.82, 2.24) is 19.9 Å². The van der Waals surface area contributed by atoms with E-state index in [4.69, 9.17) is 20.4 Å². The summed E-state index contributed by atoms with van der Waals surface area (Å²) in [6, 6.07) is 30.6. The predicted octanol–water partition coefficient (Wildman–Crippen LogP) is 11.3. The summed E-state index contributed by atoms with van der Waals surface area (Å²) in [6.45, 7) is 0. The number of aromatic nitrogens is 4. The summed E-state index contributed by atoms with van der Waals surface area (Å²) in [5, 5.41) is 2.69. The number of pyridine rings is 4. The van der Waals surface area contributed by atoms with Crippen molar-refractivity contribution in [2.24, 2.45) is 0 Å². The Morgan fingerprint density at radius 2 is 1.18 bits per heavy atom. The Morgan fingerprint density at radius 3 is 1.70 bits per heavy atom. The van der Waals surface area contributed by atoms with Gasteiger partial charge in [-0.25, -0.2) is 0 Å². The fraction of sp³-hybridized carbons (Fsp3) is 0.0857. The molecule has 0 radical (unpaired) electrons. The molecule has 0 bridgehead atoms. The topological polar surface area (TPSA) is 77.8 Å². The van der Waals surface area contributed by atoms with E-state index < -0.39 is 0 Å². The number of hydrogen-bond acceptors (Lipinski definition) is 6. The maximum Gasteiger partial charge on any atom is 0.153 e. The monoisotopic (exact) mass is 718 g/mol. The summed E-state index contributed by atoms with van der Waals surface area (Å²) in [4.78, 5) is 16.7. The summed E-state index contributed by atoms with van der Waals surface area (Å²) >= 11 is 10.2. The summed E-state index contributed by atoms with van der Waals surface area (Å²) in [6.07, 6.45) is 9.66. The molecule has 0 N–H and O–H groups in total. The van der Waals surface area contributed by atoms with E-state index in [1.54, 1.807) is 30.9 Å². The second-order valence-corrected chi connectivity index (χ2v) is 8.87. The van der Waals surface area contributed by atoms with Gasteiger partial charge in [0.2, 0.25) is 0 Å². The smallest absolute Gasteiger partial charge is 0.153 e. The number of nitrogens with zero attached hydrogens (tertiary/aromatic N) is 4. The maximum absolute atomic E-state index is 5.91. The average molecular weight is 721 g/mol. The zero-order valence-corrected chi connectivity index (χ0v) is 26.9.